The molecule has 0 saturated carbocycles. The summed E-state index contributed by atoms with van der Waals surface area (Å²) in [7, 11) is 0. The summed E-state index contributed by atoms with van der Waals surface area (Å²) in [6.45, 7) is 3.28. The van der Waals surface area contributed by atoms with Crippen LogP contribution in [0.2, 0.25) is 0 Å². The smallest absolute Gasteiger partial charge is 0 e. The van der Waals surface area contributed by atoms with Crippen molar-refractivity contribution in [2.45, 2.75) is 13.8 Å². The van der Waals surface area contributed by atoms with E-state index in [1.54, 1.807) is 13.8 Å². The molecule has 0 unspecified atom stereocenters. The van der Waals surface area contributed by atoms with Gasteiger partial charge in [-0.25, -0.2) is 6.10 Å². The second-order valence-corrected chi connectivity index (χ2v) is 0.947. The number of hydrogen-bond donors (Lipinski definition) is 1. The number of rotatable bonds is 0. The molecule has 29 valence electrons. The largest absolute Gasteiger partial charge is 0.563 e. The first-order chi connectivity index (χ1) is 1.73. The molecule has 0 aromatic heterocycles. The van der Waals surface area contributed by atoms with Gasteiger partial charge in [-0.1, -0.05) is 0 Å². The van der Waals surface area contributed by atoms with E-state index in [9.17, 15) is 0 Å². The molecule has 0 spiro atoms. The average molecular weight is 148 g/mol. The van der Waals surface area contributed by atoms with Crippen molar-refractivity contribution in [3.05, 3.63) is 6.10 Å². The SMILES string of the molecule is C[C-](C)O.[Y]. The van der Waals surface area contributed by atoms with Crippen LogP contribution in [0.5, 0.6) is 0 Å². The fraction of sp³-hybridized carbons (Fsp3) is 0.667. The second-order valence-electron chi connectivity index (χ2n) is 0.947. The van der Waals surface area contributed by atoms with E-state index in [-0.39, 0.29) is 32.7 Å². The Morgan fingerprint density at radius 3 is 1.40 bits per heavy atom. The van der Waals surface area contributed by atoms with Crippen LogP contribution in [0.25, 0.3) is 0 Å². The molecule has 2 heteroatoms. The van der Waals surface area contributed by atoms with Crippen molar-refractivity contribution < 1.29 is 37.8 Å². The van der Waals surface area contributed by atoms with Crippen LogP contribution in [0, 0.1) is 6.10 Å². The van der Waals surface area contributed by atoms with Crippen LogP contribution in [0.3, 0.4) is 0 Å². The van der Waals surface area contributed by atoms with Crippen LogP contribution in [0.15, 0.2) is 0 Å². The summed E-state index contributed by atoms with van der Waals surface area (Å²) in [5, 5.41) is 7.97. The Bertz CT molecular complexity index is 11.6. The molecule has 0 bridgehead atoms. The molecule has 1 N–H and O–H groups in total. The minimum absolute atomic E-state index is 0. The second kappa shape index (κ2) is 5.06. The van der Waals surface area contributed by atoms with Crippen molar-refractivity contribution in [1.82, 2.24) is 0 Å². The minimum Gasteiger partial charge on any atom is -0.563 e. The van der Waals surface area contributed by atoms with E-state index in [0.29, 0.717) is 6.10 Å². The molecule has 0 aromatic carbocycles. The molecule has 0 amide bonds. The molecule has 0 atom stereocenters. The Morgan fingerprint density at radius 2 is 1.40 bits per heavy atom. The van der Waals surface area contributed by atoms with Gasteiger partial charge in [0, 0.05) is 32.7 Å². The zero-order valence-electron chi connectivity index (χ0n) is 3.52. The fourth-order valence-corrected chi connectivity index (χ4v) is 0. The normalized spacial score (nSPS) is 7.20. The standard InChI is InChI=1S/C3H7O.Y/c1-3(2)4;/h4H,1-2H3;/q-1;. The minimum atomic E-state index is 0. The summed E-state index contributed by atoms with van der Waals surface area (Å²) in [5.74, 6) is 0. The first-order valence-electron chi connectivity index (χ1n) is 1.22. The van der Waals surface area contributed by atoms with Crippen LogP contribution in [0.1, 0.15) is 13.8 Å². The predicted octanol–water partition coefficient (Wildman–Crippen LogP) is 0.928. The molecule has 1 nitrogen and oxygen atoms in total. The maximum absolute atomic E-state index is 7.97. The molecule has 5 heavy (non-hydrogen) atoms. The Hall–Kier alpha value is 1.06. The monoisotopic (exact) mass is 148 g/mol. The molecular weight excluding hydrogens is 141 g/mol. The van der Waals surface area contributed by atoms with Gasteiger partial charge in [0.25, 0.3) is 0 Å². The third-order valence-electron chi connectivity index (χ3n) is 0. The van der Waals surface area contributed by atoms with Crippen LogP contribution < -0.4 is 0 Å². The van der Waals surface area contributed by atoms with Gasteiger partial charge >= 0.3 is 0 Å². The van der Waals surface area contributed by atoms with E-state index in [0.717, 1.165) is 0 Å². The molecule has 0 heterocycles. The van der Waals surface area contributed by atoms with Gasteiger partial charge in [0.2, 0.25) is 0 Å². The van der Waals surface area contributed by atoms with E-state index in [1.807, 2.05) is 0 Å². The van der Waals surface area contributed by atoms with Crippen molar-refractivity contribution in [2.24, 2.45) is 0 Å². The van der Waals surface area contributed by atoms with Crippen molar-refractivity contribution in [1.29, 1.82) is 0 Å². The fourth-order valence-electron chi connectivity index (χ4n) is 0. The van der Waals surface area contributed by atoms with Crippen LogP contribution >= 0.6 is 0 Å². The Labute approximate surface area is 57.6 Å². The summed E-state index contributed by atoms with van der Waals surface area (Å²) < 4.78 is 0. The third kappa shape index (κ3) is 42.0. The molecule has 0 aliphatic carbocycles. The van der Waals surface area contributed by atoms with Gasteiger partial charge in [-0.05, 0) is 0 Å². The van der Waals surface area contributed by atoms with Gasteiger partial charge in [0.15, 0.2) is 0 Å². The summed E-state index contributed by atoms with van der Waals surface area (Å²) in [6.07, 6.45) is 0.417. The van der Waals surface area contributed by atoms with E-state index in [2.05, 4.69) is 0 Å². The summed E-state index contributed by atoms with van der Waals surface area (Å²) in [4.78, 5) is 0. The molecule has 0 fully saturated rings. The quantitative estimate of drug-likeness (QED) is 0.506. The van der Waals surface area contributed by atoms with E-state index in [1.165, 1.54) is 0 Å². The molecule has 0 aromatic rings. The van der Waals surface area contributed by atoms with Gasteiger partial charge in [-0.3, -0.25) is 0 Å². The zero-order valence-corrected chi connectivity index (χ0v) is 6.36. The van der Waals surface area contributed by atoms with E-state index >= 15 is 0 Å². The maximum Gasteiger partial charge on any atom is 0 e. The predicted molar refractivity (Wildman–Crippen MR) is 16.5 cm³/mol. The summed E-state index contributed by atoms with van der Waals surface area (Å²) >= 11 is 0. The van der Waals surface area contributed by atoms with E-state index < -0.39 is 0 Å². The van der Waals surface area contributed by atoms with Crippen molar-refractivity contribution in [3.8, 4) is 0 Å². The average Bonchev–Trinajstić information content (AvgIpc) is 0.811. The van der Waals surface area contributed by atoms with Gasteiger partial charge in [0.05, 0.1) is 0 Å². The zero-order chi connectivity index (χ0) is 3.58. The topological polar surface area (TPSA) is 20.2 Å². The van der Waals surface area contributed by atoms with Crippen molar-refractivity contribution in [3.63, 3.8) is 0 Å². The molecule has 0 saturated heterocycles. The number of aliphatic hydroxyl groups is 1. The third-order valence-corrected chi connectivity index (χ3v) is 0. The van der Waals surface area contributed by atoms with Crippen molar-refractivity contribution in [2.75, 3.05) is 0 Å². The van der Waals surface area contributed by atoms with Crippen LogP contribution in [-0.4, -0.2) is 5.11 Å². The van der Waals surface area contributed by atoms with Crippen LogP contribution in [0.4, 0.5) is 0 Å². The Morgan fingerprint density at radius 1 is 1.40 bits per heavy atom. The molecule has 1 radical (unpaired) electrons. The maximum atomic E-state index is 7.97. The van der Waals surface area contributed by atoms with Gasteiger partial charge in [-0.2, -0.15) is 13.8 Å². The van der Waals surface area contributed by atoms with Gasteiger partial charge in [-0.15, -0.1) is 0 Å². The number of aliphatic hydroxyl groups excluding tert-OH is 1. The first-order valence-corrected chi connectivity index (χ1v) is 1.22. The first kappa shape index (κ1) is 9.42. The molecule has 0 aliphatic rings. The summed E-state index contributed by atoms with van der Waals surface area (Å²) in [6, 6.07) is 0. The van der Waals surface area contributed by atoms with Crippen LogP contribution in [-0.2, 0) is 32.7 Å². The Balaban J connectivity index is 0. The molecular formula is C3H7OY-. The Kier molecular flexibility index (Phi) is 9.54. The van der Waals surface area contributed by atoms with Gasteiger partial charge < -0.3 is 5.11 Å². The summed E-state index contributed by atoms with van der Waals surface area (Å²) in [5.41, 5.74) is 0. The molecule has 0 rings (SSSR count). The molecule has 0 aliphatic heterocycles. The number of hydrogen-bond acceptors (Lipinski definition) is 1. The van der Waals surface area contributed by atoms with Crippen molar-refractivity contribution >= 4 is 0 Å². The van der Waals surface area contributed by atoms with Gasteiger partial charge in [0.1, 0.15) is 0 Å². The van der Waals surface area contributed by atoms with E-state index in [4.69, 9.17) is 5.11 Å².